The Morgan fingerprint density at radius 2 is 2.03 bits per heavy atom. The van der Waals surface area contributed by atoms with Crippen molar-refractivity contribution in [3.8, 4) is 11.5 Å². The van der Waals surface area contributed by atoms with Gasteiger partial charge in [0.2, 0.25) is 0 Å². The molecule has 33 heavy (non-hydrogen) atoms. The molecule has 0 aliphatic carbocycles. The topological polar surface area (TPSA) is 80.2 Å². The van der Waals surface area contributed by atoms with E-state index in [-0.39, 0.29) is 24.5 Å². The Kier molecular flexibility index (Phi) is 5.83. The SMILES string of the molecule is COc1ccc(C2CC(c3cccs3)=NN2C(=O)COc2cccc3c2CCNC3=O)cc1. The van der Waals surface area contributed by atoms with E-state index in [1.54, 1.807) is 36.6 Å². The first-order valence-corrected chi connectivity index (χ1v) is 11.6. The van der Waals surface area contributed by atoms with Crippen LogP contribution in [0.3, 0.4) is 0 Å². The van der Waals surface area contributed by atoms with Crippen LogP contribution in [0.2, 0.25) is 0 Å². The summed E-state index contributed by atoms with van der Waals surface area (Å²) in [6.45, 7) is 0.395. The lowest BCUT2D eigenvalue weighted by Crippen LogP contribution is -2.33. The van der Waals surface area contributed by atoms with Crippen LogP contribution < -0.4 is 14.8 Å². The van der Waals surface area contributed by atoms with E-state index in [1.165, 1.54) is 5.01 Å². The second-order valence-corrected chi connectivity index (χ2v) is 8.78. The molecular weight excluding hydrogens is 438 g/mol. The zero-order chi connectivity index (χ0) is 22.8. The summed E-state index contributed by atoms with van der Waals surface area (Å²) in [5, 5.41) is 11.0. The fourth-order valence-corrected chi connectivity index (χ4v) is 4.91. The Morgan fingerprint density at radius 1 is 1.18 bits per heavy atom. The predicted octanol–water partition coefficient (Wildman–Crippen LogP) is 3.80. The summed E-state index contributed by atoms with van der Waals surface area (Å²) in [7, 11) is 1.63. The first-order chi connectivity index (χ1) is 16.1. The van der Waals surface area contributed by atoms with Crippen LogP contribution in [0.15, 0.2) is 65.1 Å². The molecule has 2 aromatic carbocycles. The number of carbonyl (C=O) groups is 2. The largest absolute Gasteiger partial charge is 0.497 e. The molecule has 1 unspecified atom stereocenters. The van der Waals surface area contributed by atoms with Crippen molar-refractivity contribution in [3.63, 3.8) is 0 Å². The number of ether oxygens (including phenoxy) is 2. The number of thiophene rings is 1. The van der Waals surface area contributed by atoms with Gasteiger partial charge in [0.1, 0.15) is 11.5 Å². The fourth-order valence-electron chi connectivity index (χ4n) is 4.19. The maximum atomic E-state index is 13.3. The fraction of sp³-hybridized carbons (Fsp3) is 0.240. The predicted molar refractivity (Wildman–Crippen MR) is 126 cm³/mol. The van der Waals surface area contributed by atoms with Gasteiger partial charge in [-0.1, -0.05) is 24.3 Å². The molecule has 2 aliphatic heterocycles. The Balaban J connectivity index is 1.38. The van der Waals surface area contributed by atoms with Gasteiger partial charge in [0.15, 0.2) is 6.61 Å². The Bertz CT molecular complexity index is 1200. The van der Waals surface area contributed by atoms with Crippen LogP contribution in [0, 0.1) is 0 Å². The third kappa shape index (κ3) is 4.21. The summed E-state index contributed by atoms with van der Waals surface area (Å²) in [6, 6.07) is 16.8. The van der Waals surface area contributed by atoms with Crippen molar-refractivity contribution in [2.45, 2.75) is 18.9 Å². The number of carbonyl (C=O) groups excluding carboxylic acids is 2. The van der Waals surface area contributed by atoms with E-state index in [2.05, 4.69) is 10.4 Å². The molecule has 168 valence electrons. The van der Waals surface area contributed by atoms with Gasteiger partial charge in [-0.3, -0.25) is 9.59 Å². The standard InChI is InChI=1S/C25H23N3O4S/c1-31-17-9-7-16(8-10-17)21-14-20(23-6-3-13-33-23)27-28(21)24(29)15-32-22-5-2-4-19-18(22)11-12-26-25(19)30/h2-10,13,21H,11-12,14-15H2,1H3,(H,26,30). The van der Waals surface area contributed by atoms with E-state index in [1.807, 2.05) is 41.8 Å². The number of rotatable bonds is 6. The van der Waals surface area contributed by atoms with Gasteiger partial charge in [0, 0.05) is 24.1 Å². The third-order valence-electron chi connectivity index (χ3n) is 5.86. The van der Waals surface area contributed by atoms with Crippen molar-refractivity contribution >= 4 is 28.9 Å². The van der Waals surface area contributed by atoms with E-state index in [0.717, 1.165) is 27.5 Å². The molecule has 1 aromatic heterocycles. The van der Waals surface area contributed by atoms with Crippen LogP contribution in [0.5, 0.6) is 11.5 Å². The van der Waals surface area contributed by atoms with Crippen molar-refractivity contribution in [3.05, 3.63) is 81.5 Å². The number of hydrogen-bond donors (Lipinski definition) is 1. The third-order valence-corrected chi connectivity index (χ3v) is 6.78. The molecular formula is C25H23N3O4S. The van der Waals surface area contributed by atoms with Gasteiger partial charge in [-0.2, -0.15) is 5.10 Å². The summed E-state index contributed by atoms with van der Waals surface area (Å²) in [5.74, 6) is 0.978. The highest BCUT2D eigenvalue weighted by molar-refractivity contribution is 7.12. The number of fused-ring (bicyclic) bond motifs is 1. The first-order valence-electron chi connectivity index (χ1n) is 10.7. The van der Waals surface area contributed by atoms with Crippen molar-refractivity contribution in [2.75, 3.05) is 20.3 Å². The van der Waals surface area contributed by atoms with Gasteiger partial charge in [-0.25, -0.2) is 5.01 Å². The van der Waals surface area contributed by atoms with Gasteiger partial charge in [0.05, 0.1) is 23.7 Å². The summed E-state index contributed by atoms with van der Waals surface area (Å²) in [6.07, 6.45) is 1.30. The van der Waals surface area contributed by atoms with E-state index >= 15 is 0 Å². The number of hydrazone groups is 1. The van der Waals surface area contributed by atoms with Crippen LogP contribution in [-0.2, 0) is 11.2 Å². The number of benzene rings is 2. The summed E-state index contributed by atoms with van der Waals surface area (Å²) in [5.41, 5.74) is 3.30. The summed E-state index contributed by atoms with van der Waals surface area (Å²) in [4.78, 5) is 26.4. The van der Waals surface area contributed by atoms with Crippen LogP contribution in [0.1, 0.15) is 38.8 Å². The maximum absolute atomic E-state index is 13.3. The van der Waals surface area contributed by atoms with Crippen LogP contribution in [-0.4, -0.2) is 42.8 Å². The number of amides is 2. The molecule has 1 atom stereocenters. The molecule has 3 aromatic rings. The highest BCUT2D eigenvalue weighted by atomic mass is 32.1. The lowest BCUT2D eigenvalue weighted by Gasteiger charge is -2.23. The summed E-state index contributed by atoms with van der Waals surface area (Å²) < 4.78 is 11.2. The lowest BCUT2D eigenvalue weighted by molar-refractivity contribution is -0.135. The average molecular weight is 462 g/mol. The zero-order valence-electron chi connectivity index (χ0n) is 18.1. The van der Waals surface area contributed by atoms with E-state index in [0.29, 0.717) is 30.7 Å². The molecule has 8 heteroatoms. The number of methoxy groups -OCH3 is 1. The molecule has 0 spiro atoms. The molecule has 0 radical (unpaired) electrons. The van der Waals surface area contributed by atoms with E-state index in [9.17, 15) is 9.59 Å². The molecule has 7 nitrogen and oxygen atoms in total. The van der Waals surface area contributed by atoms with Crippen LogP contribution in [0.25, 0.3) is 0 Å². The van der Waals surface area contributed by atoms with Gasteiger partial charge >= 0.3 is 0 Å². The van der Waals surface area contributed by atoms with Crippen molar-refractivity contribution in [1.29, 1.82) is 0 Å². The maximum Gasteiger partial charge on any atom is 0.281 e. The normalized spacial score (nSPS) is 17.2. The molecule has 3 heterocycles. The minimum absolute atomic E-state index is 0.114. The van der Waals surface area contributed by atoms with Crippen molar-refractivity contribution in [2.24, 2.45) is 5.10 Å². The van der Waals surface area contributed by atoms with Crippen LogP contribution >= 0.6 is 11.3 Å². The highest BCUT2D eigenvalue weighted by Gasteiger charge is 2.34. The monoisotopic (exact) mass is 461 g/mol. The molecule has 5 rings (SSSR count). The number of hydrogen-bond acceptors (Lipinski definition) is 6. The minimum atomic E-state index is -0.236. The van der Waals surface area contributed by atoms with Gasteiger partial charge in [-0.15, -0.1) is 11.3 Å². The van der Waals surface area contributed by atoms with Gasteiger partial charge in [-0.05, 0) is 47.7 Å². The van der Waals surface area contributed by atoms with Gasteiger partial charge in [0.25, 0.3) is 11.8 Å². The quantitative estimate of drug-likeness (QED) is 0.606. The Morgan fingerprint density at radius 3 is 2.79 bits per heavy atom. The van der Waals surface area contributed by atoms with Crippen molar-refractivity contribution in [1.82, 2.24) is 10.3 Å². The number of nitrogens with zero attached hydrogens (tertiary/aromatic N) is 2. The Labute approximate surface area is 195 Å². The molecule has 2 amide bonds. The molecule has 1 N–H and O–H groups in total. The van der Waals surface area contributed by atoms with Crippen molar-refractivity contribution < 1.29 is 19.1 Å². The average Bonchev–Trinajstić information content (AvgIpc) is 3.53. The van der Waals surface area contributed by atoms with E-state index < -0.39 is 0 Å². The zero-order valence-corrected chi connectivity index (χ0v) is 18.9. The lowest BCUT2D eigenvalue weighted by atomic mass is 9.99. The molecule has 0 bridgehead atoms. The van der Waals surface area contributed by atoms with Crippen LogP contribution in [0.4, 0.5) is 0 Å². The number of nitrogens with one attached hydrogen (secondary N) is 1. The second-order valence-electron chi connectivity index (χ2n) is 7.83. The first kappa shape index (κ1) is 21.2. The Hall–Kier alpha value is -3.65. The molecule has 0 saturated carbocycles. The molecule has 2 aliphatic rings. The van der Waals surface area contributed by atoms with E-state index in [4.69, 9.17) is 9.47 Å². The molecule has 0 fully saturated rings. The highest BCUT2D eigenvalue weighted by Crippen LogP contribution is 2.35. The summed E-state index contributed by atoms with van der Waals surface area (Å²) >= 11 is 1.61. The van der Waals surface area contributed by atoms with Gasteiger partial charge < -0.3 is 14.8 Å². The molecule has 0 saturated heterocycles. The second kappa shape index (κ2) is 9.07. The smallest absolute Gasteiger partial charge is 0.281 e. The minimum Gasteiger partial charge on any atom is -0.497 e.